The molecule has 1 radical (unpaired) electrons. The summed E-state index contributed by atoms with van der Waals surface area (Å²) in [5.74, 6) is 0. The maximum absolute atomic E-state index is 8.00. The first kappa shape index (κ1) is 45.6. The van der Waals surface area contributed by atoms with Crippen molar-refractivity contribution in [3.05, 3.63) is 273 Å². The Balaban J connectivity index is 0.000000194. The van der Waals surface area contributed by atoms with E-state index >= 15 is 0 Å². The SMILES string of the molecule is C=O.[HH].[Rh].c1ccc([PH+](c2ccccc2)c2ccccc2)cc1.c1ccc([PH+](c2ccccc2)c2ccccc2)cc1.c1ccc([PH+](c2ccccc2)c2ccccc2)cc1. The monoisotopic (exact) mass is 924 g/mol. The quantitative estimate of drug-likeness (QED) is 0.104. The van der Waals surface area contributed by atoms with Crippen molar-refractivity contribution in [3.8, 4) is 0 Å². The fourth-order valence-electron chi connectivity index (χ4n) is 6.94. The van der Waals surface area contributed by atoms with Gasteiger partial charge in [0.1, 0.15) is 54.5 Å². The zero-order valence-corrected chi connectivity index (χ0v) is 38.1. The first-order valence-corrected chi connectivity index (χ1v) is 24.2. The van der Waals surface area contributed by atoms with Crippen molar-refractivity contribution in [3.63, 3.8) is 0 Å². The van der Waals surface area contributed by atoms with E-state index in [9.17, 15) is 0 Å². The molecule has 0 N–H and O–H groups in total. The molecule has 0 fully saturated rings. The summed E-state index contributed by atoms with van der Waals surface area (Å²) in [7, 11) is -2.63. The fourth-order valence-corrected chi connectivity index (χ4v) is 14.7. The van der Waals surface area contributed by atoms with E-state index in [-0.39, 0.29) is 20.9 Å². The maximum Gasteiger partial charge on any atom is 0.106 e. The van der Waals surface area contributed by atoms with Gasteiger partial charge < -0.3 is 4.79 Å². The van der Waals surface area contributed by atoms with Crippen molar-refractivity contribution in [2.24, 2.45) is 0 Å². The van der Waals surface area contributed by atoms with Crippen LogP contribution in [0.5, 0.6) is 0 Å². The van der Waals surface area contributed by atoms with Gasteiger partial charge in [-0.1, -0.05) is 164 Å². The van der Waals surface area contributed by atoms with Crippen molar-refractivity contribution >= 4 is 78.3 Å². The minimum Gasteiger partial charge on any atom is -0.307 e. The molecule has 0 aromatic heterocycles. The van der Waals surface area contributed by atoms with Gasteiger partial charge in [0.25, 0.3) is 0 Å². The van der Waals surface area contributed by atoms with Crippen molar-refractivity contribution in [1.29, 1.82) is 0 Å². The molecule has 0 heterocycles. The van der Waals surface area contributed by atoms with Crippen LogP contribution in [0.25, 0.3) is 0 Å². The third-order valence-electron chi connectivity index (χ3n) is 9.56. The number of hydrogen-bond donors (Lipinski definition) is 0. The van der Waals surface area contributed by atoms with Crippen LogP contribution in [0, 0.1) is 0 Å². The minimum atomic E-state index is -0.877. The number of rotatable bonds is 9. The van der Waals surface area contributed by atoms with E-state index < -0.39 is 23.8 Å². The number of carbonyl (C=O) groups is 1. The van der Waals surface area contributed by atoms with Gasteiger partial charge in [0.2, 0.25) is 0 Å². The zero-order chi connectivity index (χ0) is 40.7. The van der Waals surface area contributed by atoms with E-state index in [0.29, 0.717) is 0 Å². The van der Waals surface area contributed by atoms with Gasteiger partial charge in [-0.15, -0.1) is 0 Å². The molecule has 299 valence electrons. The van der Waals surface area contributed by atoms with Crippen LogP contribution < -0.4 is 47.7 Å². The topological polar surface area (TPSA) is 17.1 Å². The van der Waals surface area contributed by atoms with E-state index in [2.05, 4.69) is 273 Å². The third kappa shape index (κ3) is 13.3. The van der Waals surface area contributed by atoms with Gasteiger partial charge in [0, 0.05) is 20.9 Å². The Hall–Kier alpha value is -5.44. The third-order valence-corrected chi connectivity index (χ3v) is 17.8. The van der Waals surface area contributed by atoms with Gasteiger partial charge >= 0.3 is 0 Å². The molecular formula is C55H52OP3Rh+3. The van der Waals surface area contributed by atoms with Crippen LogP contribution in [0.15, 0.2) is 273 Å². The molecule has 0 aliphatic carbocycles. The molecule has 5 heteroatoms. The first-order valence-electron chi connectivity index (χ1n) is 19.7. The molecular weight excluding hydrogens is 872 g/mol. The van der Waals surface area contributed by atoms with Gasteiger partial charge in [-0.05, 0) is 109 Å². The van der Waals surface area contributed by atoms with E-state index in [4.69, 9.17) is 4.79 Å². The van der Waals surface area contributed by atoms with Crippen LogP contribution in [0.4, 0.5) is 0 Å². The number of hydrogen-bond acceptors (Lipinski definition) is 1. The Labute approximate surface area is 374 Å². The maximum atomic E-state index is 8.00. The average molecular weight is 925 g/mol. The number of carbonyl (C=O) groups excluding carboxylic acids is 1. The van der Waals surface area contributed by atoms with Crippen LogP contribution in [0.2, 0.25) is 0 Å². The second-order valence-electron chi connectivity index (χ2n) is 13.4. The minimum absolute atomic E-state index is 0. The normalized spacial score (nSPS) is 10.1. The summed E-state index contributed by atoms with van der Waals surface area (Å²) in [6, 6.07) is 97.5. The Kier molecular flexibility index (Phi) is 19.7. The second kappa shape index (κ2) is 25.9. The predicted octanol–water partition coefficient (Wildman–Crippen LogP) is 9.59. The van der Waals surface area contributed by atoms with Crippen LogP contribution >= 0.6 is 23.8 Å². The summed E-state index contributed by atoms with van der Waals surface area (Å²) in [6.45, 7) is 2.00. The summed E-state index contributed by atoms with van der Waals surface area (Å²) in [6.07, 6.45) is 0. The Morgan fingerprint density at radius 2 is 0.283 bits per heavy atom. The second-order valence-corrected chi connectivity index (χ2v) is 20.9. The predicted molar refractivity (Wildman–Crippen MR) is 269 cm³/mol. The summed E-state index contributed by atoms with van der Waals surface area (Å²) < 4.78 is 0. The Morgan fingerprint density at radius 1 is 0.200 bits per heavy atom. The van der Waals surface area contributed by atoms with E-state index in [1.54, 1.807) is 0 Å². The molecule has 0 bridgehead atoms. The van der Waals surface area contributed by atoms with Gasteiger partial charge in [-0.25, -0.2) is 0 Å². The summed E-state index contributed by atoms with van der Waals surface area (Å²) >= 11 is 0. The standard InChI is InChI=1S/3C18H15P.CH2O.Rh.H2/c3*1-4-10-16(11-5-1)19(17-12-6-2-7-13-17)18-14-8-3-9-15-18;1-2;;/h3*1-15H;1H2;;1H/p+3. The summed E-state index contributed by atoms with van der Waals surface area (Å²) in [5.41, 5.74) is 0. The fraction of sp³-hybridized carbons (Fsp3) is 0. The summed E-state index contributed by atoms with van der Waals surface area (Å²) in [4.78, 5) is 8.00. The smallest absolute Gasteiger partial charge is 0.106 e. The van der Waals surface area contributed by atoms with Crippen molar-refractivity contribution in [1.82, 2.24) is 0 Å². The largest absolute Gasteiger partial charge is 0.307 e. The Morgan fingerprint density at radius 3 is 0.367 bits per heavy atom. The molecule has 0 saturated carbocycles. The molecule has 0 spiro atoms. The van der Waals surface area contributed by atoms with Crippen molar-refractivity contribution in [2.45, 2.75) is 0 Å². The van der Waals surface area contributed by atoms with Gasteiger partial charge in [0.05, 0.1) is 23.8 Å². The van der Waals surface area contributed by atoms with Gasteiger partial charge in [0.15, 0.2) is 0 Å². The zero-order valence-electron chi connectivity index (χ0n) is 33.4. The van der Waals surface area contributed by atoms with E-state index in [1.165, 1.54) is 47.7 Å². The van der Waals surface area contributed by atoms with Crippen LogP contribution in [-0.2, 0) is 24.3 Å². The molecule has 0 unspecified atom stereocenters. The molecule has 1 nitrogen and oxygen atoms in total. The van der Waals surface area contributed by atoms with Crippen molar-refractivity contribution in [2.75, 3.05) is 0 Å². The van der Waals surface area contributed by atoms with Crippen LogP contribution in [0.3, 0.4) is 0 Å². The van der Waals surface area contributed by atoms with Gasteiger partial charge in [-0.3, -0.25) is 0 Å². The molecule has 9 aromatic carbocycles. The molecule has 0 atom stereocenters. The van der Waals surface area contributed by atoms with Crippen LogP contribution in [0.1, 0.15) is 1.43 Å². The van der Waals surface area contributed by atoms with Gasteiger partial charge in [-0.2, -0.15) is 0 Å². The first-order chi connectivity index (χ1) is 29.3. The molecule has 60 heavy (non-hydrogen) atoms. The number of benzene rings is 9. The Bertz CT molecular complexity index is 1890. The summed E-state index contributed by atoms with van der Waals surface area (Å²) in [5, 5.41) is 12.9. The van der Waals surface area contributed by atoms with E-state index in [0.717, 1.165) is 0 Å². The molecule has 0 saturated heterocycles. The molecule has 0 aliphatic heterocycles. The van der Waals surface area contributed by atoms with E-state index in [1.807, 2.05) is 6.79 Å². The van der Waals surface area contributed by atoms with Crippen LogP contribution in [-0.4, -0.2) is 6.79 Å². The molecule has 0 aliphatic rings. The average Bonchev–Trinajstić information content (AvgIpc) is 3.34. The molecule has 9 rings (SSSR count). The van der Waals surface area contributed by atoms with Crippen molar-refractivity contribution < 1.29 is 25.7 Å². The molecule has 0 amide bonds. The molecule has 9 aromatic rings.